The quantitative estimate of drug-likeness (QED) is 0.625. The van der Waals surface area contributed by atoms with Gasteiger partial charge >= 0.3 is 0 Å². The van der Waals surface area contributed by atoms with Gasteiger partial charge in [0.15, 0.2) is 6.29 Å². The van der Waals surface area contributed by atoms with Gasteiger partial charge < -0.3 is 9.64 Å². The highest BCUT2D eigenvalue weighted by Crippen LogP contribution is 2.29. The third-order valence-electron chi connectivity index (χ3n) is 4.66. The normalized spacial score (nSPS) is 15.2. The second kappa shape index (κ2) is 6.99. The van der Waals surface area contributed by atoms with E-state index >= 15 is 0 Å². The zero-order valence-electron chi connectivity index (χ0n) is 14.3. The lowest BCUT2D eigenvalue weighted by molar-refractivity contribution is 0.112. The molecular weight excluding hydrogens is 388 g/mol. The lowest BCUT2D eigenvalue weighted by atomic mass is 10.1. The van der Waals surface area contributed by atoms with Gasteiger partial charge in [-0.05, 0) is 42.5 Å². The van der Waals surface area contributed by atoms with Crippen LogP contribution in [-0.2, 0) is 14.8 Å². The zero-order chi connectivity index (χ0) is 19.0. The monoisotopic (exact) mass is 404 g/mol. The summed E-state index contributed by atoms with van der Waals surface area (Å²) < 4.78 is 32.6. The Kier molecular flexibility index (Phi) is 4.67. The molecule has 1 aliphatic heterocycles. The van der Waals surface area contributed by atoms with E-state index in [1.807, 2.05) is 12.1 Å². The highest BCUT2D eigenvalue weighted by atomic mass is 35.5. The Morgan fingerprint density at radius 2 is 1.74 bits per heavy atom. The van der Waals surface area contributed by atoms with Crippen LogP contribution < -0.4 is 4.90 Å². The van der Waals surface area contributed by atoms with Gasteiger partial charge in [0.1, 0.15) is 0 Å². The van der Waals surface area contributed by atoms with Crippen molar-refractivity contribution in [3.63, 3.8) is 0 Å². The van der Waals surface area contributed by atoms with Gasteiger partial charge in [0.25, 0.3) is 10.0 Å². The maximum Gasteiger partial charge on any atom is 0.268 e. The molecule has 0 atom stereocenters. The Balaban J connectivity index is 1.84. The van der Waals surface area contributed by atoms with Crippen molar-refractivity contribution in [3.05, 3.63) is 59.2 Å². The summed E-state index contributed by atoms with van der Waals surface area (Å²) in [5.41, 5.74) is 1.73. The van der Waals surface area contributed by atoms with Gasteiger partial charge in [-0.1, -0.05) is 11.6 Å². The fourth-order valence-corrected chi connectivity index (χ4v) is 4.75. The molecule has 6 nitrogen and oxygen atoms in total. The second-order valence-electron chi connectivity index (χ2n) is 6.26. The average molecular weight is 405 g/mol. The first-order chi connectivity index (χ1) is 13.0. The van der Waals surface area contributed by atoms with Crippen LogP contribution in [0.3, 0.4) is 0 Å². The van der Waals surface area contributed by atoms with Crippen molar-refractivity contribution >= 4 is 44.5 Å². The molecule has 1 fully saturated rings. The minimum Gasteiger partial charge on any atom is -0.378 e. The first-order valence-electron chi connectivity index (χ1n) is 8.45. The molecule has 0 spiro atoms. The number of carbonyl (C=O) groups excluding carboxylic acids is 1. The SMILES string of the molecule is O=Cc1cn(S(=O)(=O)c2ccc(Cl)cc2)c2ccc(N3CCOCC3)cc12. The maximum atomic E-state index is 13.1. The molecule has 2 aromatic carbocycles. The summed E-state index contributed by atoms with van der Waals surface area (Å²) in [7, 11) is -3.84. The minimum atomic E-state index is -3.84. The Bertz CT molecular complexity index is 1100. The number of morpholine rings is 1. The number of ether oxygens (including phenoxy) is 1. The summed E-state index contributed by atoms with van der Waals surface area (Å²) in [5.74, 6) is 0. The summed E-state index contributed by atoms with van der Waals surface area (Å²) in [6, 6.07) is 11.4. The van der Waals surface area contributed by atoms with E-state index in [1.54, 1.807) is 6.07 Å². The molecule has 140 valence electrons. The molecule has 0 unspecified atom stereocenters. The largest absolute Gasteiger partial charge is 0.378 e. The standard InChI is InChI=1S/C19H17ClN2O4S/c20-15-1-4-17(5-2-15)27(24,25)22-12-14(13-23)18-11-16(3-6-19(18)22)21-7-9-26-10-8-21/h1-6,11-13H,7-10H2. The van der Waals surface area contributed by atoms with Crippen LogP contribution in [0.2, 0.25) is 5.02 Å². The summed E-state index contributed by atoms with van der Waals surface area (Å²) in [5, 5.41) is 1.06. The van der Waals surface area contributed by atoms with Crippen LogP contribution in [0.5, 0.6) is 0 Å². The first-order valence-corrected chi connectivity index (χ1v) is 10.3. The van der Waals surface area contributed by atoms with Gasteiger partial charge in [0.05, 0.1) is 23.6 Å². The average Bonchev–Trinajstić information content (AvgIpc) is 3.08. The molecular formula is C19H17ClN2O4S. The lowest BCUT2D eigenvalue weighted by Gasteiger charge is -2.29. The fourth-order valence-electron chi connectivity index (χ4n) is 3.24. The number of aldehydes is 1. The van der Waals surface area contributed by atoms with Crippen LogP contribution in [-0.4, -0.2) is 45.0 Å². The summed E-state index contributed by atoms with van der Waals surface area (Å²) in [6.07, 6.45) is 2.05. The molecule has 8 heteroatoms. The van der Waals surface area contributed by atoms with Crippen LogP contribution in [0.15, 0.2) is 53.6 Å². The maximum absolute atomic E-state index is 13.1. The van der Waals surface area contributed by atoms with Crippen LogP contribution in [0, 0.1) is 0 Å². The van der Waals surface area contributed by atoms with E-state index in [4.69, 9.17) is 16.3 Å². The molecule has 0 aliphatic carbocycles. The molecule has 1 saturated heterocycles. The van der Waals surface area contributed by atoms with Crippen molar-refractivity contribution in [2.45, 2.75) is 4.90 Å². The molecule has 3 aromatic rings. The molecule has 2 heterocycles. The molecule has 1 aliphatic rings. The van der Waals surface area contributed by atoms with Crippen molar-refractivity contribution in [2.24, 2.45) is 0 Å². The summed E-state index contributed by atoms with van der Waals surface area (Å²) >= 11 is 5.86. The van der Waals surface area contributed by atoms with E-state index in [1.165, 1.54) is 30.5 Å². The van der Waals surface area contributed by atoms with E-state index in [9.17, 15) is 13.2 Å². The van der Waals surface area contributed by atoms with E-state index in [0.717, 1.165) is 22.7 Å². The van der Waals surface area contributed by atoms with Crippen molar-refractivity contribution in [3.8, 4) is 0 Å². The number of carbonyl (C=O) groups is 1. The third kappa shape index (κ3) is 3.22. The fraction of sp³-hybridized carbons (Fsp3) is 0.211. The van der Waals surface area contributed by atoms with Gasteiger partial charge in [0.2, 0.25) is 0 Å². The first kappa shape index (κ1) is 18.0. The molecule has 0 saturated carbocycles. The van der Waals surface area contributed by atoms with Gasteiger partial charge in [0, 0.05) is 40.9 Å². The van der Waals surface area contributed by atoms with E-state index in [0.29, 0.717) is 41.0 Å². The van der Waals surface area contributed by atoms with Gasteiger partial charge in [-0.25, -0.2) is 12.4 Å². The number of fused-ring (bicyclic) bond motifs is 1. The minimum absolute atomic E-state index is 0.110. The van der Waals surface area contributed by atoms with Gasteiger partial charge in [-0.15, -0.1) is 0 Å². The van der Waals surface area contributed by atoms with Crippen LogP contribution >= 0.6 is 11.6 Å². The number of benzene rings is 2. The predicted octanol–water partition coefficient (Wildman–Crippen LogP) is 3.18. The number of rotatable bonds is 4. The summed E-state index contributed by atoms with van der Waals surface area (Å²) in [4.78, 5) is 13.8. The Labute approximate surface area is 162 Å². The number of halogens is 1. The van der Waals surface area contributed by atoms with Crippen LogP contribution in [0.1, 0.15) is 10.4 Å². The second-order valence-corrected chi connectivity index (χ2v) is 8.51. The summed E-state index contributed by atoms with van der Waals surface area (Å²) in [6.45, 7) is 2.80. The van der Waals surface area contributed by atoms with Crippen molar-refractivity contribution in [1.29, 1.82) is 0 Å². The lowest BCUT2D eigenvalue weighted by Crippen LogP contribution is -2.36. The number of aromatic nitrogens is 1. The highest BCUT2D eigenvalue weighted by Gasteiger charge is 2.22. The Morgan fingerprint density at radius 1 is 1.04 bits per heavy atom. The highest BCUT2D eigenvalue weighted by molar-refractivity contribution is 7.90. The van der Waals surface area contributed by atoms with Crippen LogP contribution in [0.25, 0.3) is 10.9 Å². The molecule has 0 N–H and O–H groups in total. The van der Waals surface area contributed by atoms with Gasteiger partial charge in [-0.3, -0.25) is 4.79 Å². The van der Waals surface area contributed by atoms with E-state index in [-0.39, 0.29) is 4.90 Å². The molecule has 27 heavy (non-hydrogen) atoms. The number of hydrogen-bond donors (Lipinski definition) is 0. The van der Waals surface area contributed by atoms with E-state index < -0.39 is 10.0 Å². The molecule has 0 amide bonds. The van der Waals surface area contributed by atoms with Crippen molar-refractivity contribution in [2.75, 3.05) is 31.2 Å². The number of hydrogen-bond acceptors (Lipinski definition) is 5. The third-order valence-corrected chi connectivity index (χ3v) is 6.60. The van der Waals surface area contributed by atoms with Gasteiger partial charge in [-0.2, -0.15) is 0 Å². The Morgan fingerprint density at radius 3 is 2.41 bits per heavy atom. The predicted molar refractivity (Wildman–Crippen MR) is 104 cm³/mol. The number of nitrogens with zero attached hydrogens (tertiary/aromatic N) is 2. The molecule has 0 radical (unpaired) electrons. The zero-order valence-corrected chi connectivity index (χ0v) is 15.9. The van der Waals surface area contributed by atoms with Crippen LogP contribution in [0.4, 0.5) is 5.69 Å². The topological polar surface area (TPSA) is 68.6 Å². The molecule has 4 rings (SSSR count). The smallest absolute Gasteiger partial charge is 0.268 e. The van der Waals surface area contributed by atoms with E-state index in [2.05, 4.69) is 4.90 Å². The molecule has 0 bridgehead atoms. The molecule has 1 aromatic heterocycles. The Hall–Kier alpha value is -2.35. The van der Waals surface area contributed by atoms with Crippen molar-refractivity contribution in [1.82, 2.24) is 3.97 Å². The number of anilines is 1. The van der Waals surface area contributed by atoms with Crippen molar-refractivity contribution < 1.29 is 17.9 Å².